The van der Waals surface area contributed by atoms with Crippen molar-refractivity contribution in [1.82, 2.24) is 9.66 Å². The molecule has 0 fully saturated rings. The normalized spacial score (nSPS) is 11.3. The molecule has 0 saturated heterocycles. The Balaban J connectivity index is 1.26. The predicted molar refractivity (Wildman–Crippen MR) is 163 cm³/mol. The number of carbonyl (C=O) groups is 1. The molecular formula is C33H26N4O5. The average Bonchev–Trinajstić information content (AvgIpc) is 3.46. The van der Waals surface area contributed by atoms with Crippen LogP contribution in [0.5, 0.6) is 11.5 Å². The van der Waals surface area contributed by atoms with E-state index in [4.69, 9.17) is 18.9 Å². The lowest BCUT2D eigenvalue weighted by atomic mass is 10.2. The summed E-state index contributed by atoms with van der Waals surface area (Å²) in [5, 5.41) is 8.53. The molecule has 9 heteroatoms. The first kappa shape index (κ1) is 26.5. The maximum Gasteiger partial charge on any atom is 0.282 e. The molecule has 6 aromatic rings. The van der Waals surface area contributed by atoms with Crippen LogP contribution in [0.3, 0.4) is 0 Å². The van der Waals surface area contributed by atoms with E-state index in [2.05, 4.69) is 10.4 Å². The zero-order valence-electron chi connectivity index (χ0n) is 22.9. The highest BCUT2D eigenvalue weighted by Crippen LogP contribution is 2.32. The van der Waals surface area contributed by atoms with Gasteiger partial charge in [0.1, 0.15) is 17.1 Å². The van der Waals surface area contributed by atoms with Gasteiger partial charge in [0.25, 0.3) is 11.5 Å². The Morgan fingerprint density at radius 1 is 0.976 bits per heavy atom. The first-order valence-corrected chi connectivity index (χ1v) is 13.2. The lowest BCUT2D eigenvalue weighted by molar-refractivity contribution is -0.118. The summed E-state index contributed by atoms with van der Waals surface area (Å²) in [6.07, 6.45) is 1.55. The largest absolute Gasteiger partial charge is 0.496 e. The fourth-order valence-corrected chi connectivity index (χ4v) is 4.54. The Hall–Kier alpha value is -5.70. The summed E-state index contributed by atoms with van der Waals surface area (Å²) in [6, 6.07) is 28.9. The third kappa shape index (κ3) is 5.35. The van der Waals surface area contributed by atoms with E-state index in [-0.39, 0.29) is 23.9 Å². The van der Waals surface area contributed by atoms with Crippen molar-refractivity contribution in [2.24, 2.45) is 5.10 Å². The van der Waals surface area contributed by atoms with Gasteiger partial charge < -0.3 is 19.2 Å². The number of aromatic nitrogens is 2. The van der Waals surface area contributed by atoms with Crippen LogP contribution in [0.1, 0.15) is 11.1 Å². The molecule has 9 nitrogen and oxygen atoms in total. The minimum absolute atomic E-state index is 0.133. The number of furan rings is 1. The van der Waals surface area contributed by atoms with Gasteiger partial charge in [-0.1, -0.05) is 36.4 Å². The van der Waals surface area contributed by atoms with E-state index in [9.17, 15) is 9.59 Å². The van der Waals surface area contributed by atoms with Crippen LogP contribution in [0.25, 0.3) is 33.5 Å². The molecule has 0 aliphatic carbocycles. The Morgan fingerprint density at radius 3 is 2.57 bits per heavy atom. The van der Waals surface area contributed by atoms with E-state index in [0.717, 1.165) is 16.6 Å². The summed E-state index contributed by atoms with van der Waals surface area (Å²) in [7, 11) is 1.59. The van der Waals surface area contributed by atoms with Gasteiger partial charge in [0.2, 0.25) is 5.82 Å². The first-order chi connectivity index (χ1) is 20.5. The number of fused-ring (bicyclic) bond motifs is 2. The van der Waals surface area contributed by atoms with Crippen molar-refractivity contribution in [3.8, 4) is 23.1 Å². The molecule has 2 heterocycles. The first-order valence-electron chi connectivity index (χ1n) is 13.2. The smallest absolute Gasteiger partial charge is 0.282 e. The summed E-state index contributed by atoms with van der Waals surface area (Å²) in [6.45, 7) is 1.79. The minimum Gasteiger partial charge on any atom is -0.496 e. The van der Waals surface area contributed by atoms with Gasteiger partial charge in [-0.2, -0.15) is 9.78 Å². The Kier molecular flexibility index (Phi) is 7.21. The summed E-state index contributed by atoms with van der Waals surface area (Å²) < 4.78 is 18.4. The number of para-hydroxylation sites is 2. The van der Waals surface area contributed by atoms with E-state index in [1.807, 2.05) is 55.5 Å². The van der Waals surface area contributed by atoms with Crippen LogP contribution in [0.15, 0.2) is 111 Å². The van der Waals surface area contributed by atoms with Crippen LogP contribution in [0, 0.1) is 6.92 Å². The molecular weight excluding hydrogens is 532 g/mol. The van der Waals surface area contributed by atoms with Crippen LogP contribution in [0.4, 0.5) is 5.69 Å². The summed E-state index contributed by atoms with van der Waals surface area (Å²) in [5.41, 5.74) is 3.23. The Bertz CT molecular complexity index is 2010. The van der Waals surface area contributed by atoms with Crippen molar-refractivity contribution in [2.45, 2.75) is 6.92 Å². The number of carbonyl (C=O) groups excluding carboxylic acids is 1. The molecule has 0 unspecified atom stereocenters. The van der Waals surface area contributed by atoms with Crippen molar-refractivity contribution in [3.05, 3.63) is 119 Å². The molecule has 0 atom stereocenters. The molecule has 0 saturated carbocycles. The third-order valence-electron chi connectivity index (χ3n) is 6.71. The van der Waals surface area contributed by atoms with E-state index in [0.29, 0.717) is 39.3 Å². The van der Waals surface area contributed by atoms with Crippen LogP contribution < -0.4 is 20.3 Å². The lowest BCUT2D eigenvalue weighted by Gasteiger charge is -2.09. The van der Waals surface area contributed by atoms with Gasteiger partial charge in [-0.05, 0) is 78.7 Å². The topological polar surface area (TPSA) is 108 Å². The van der Waals surface area contributed by atoms with Crippen molar-refractivity contribution in [3.63, 3.8) is 0 Å². The molecule has 4 aromatic carbocycles. The van der Waals surface area contributed by atoms with Crippen LogP contribution in [0.2, 0.25) is 0 Å². The number of ether oxygens (including phenoxy) is 2. The SMILES string of the molecule is COc1cccc2oc(-c3nc4ccccc4c(=O)n3N=Cc3ccc(OCC(=O)Nc4ccccc4C)cc3)cc12. The number of amides is 1. The Labute approximate surface area is 240 Å². The highest BCUT2D eigenvalue weighted by Gasteiger charge is 2.18. The average molecular weight is 559 g/mol. The standard InChI is InChI=1S/C33H26N4O5/c1-21-8-3-5-10-26(21)35-31(38)20-41-23-16-14-22(15-17-23)19-34-37-32(36-27-11-6-4-9-24(27)33(37)39)30-18-25-28(40-2)12-7-13-29(25)42-30/h3-19H,20H2,1-2H3,(H,35,38). The quantitative estimate of drug-likeness (QED) is 0.229. The molecule has 0 bridgehead atoms. The molecule has 42 heavy (non-hydrogen) atoms. The highest BCUT2D eigenvalue weighted by molar-refractivity contribution is 5.92. The number of hydrogen-bond acceptors (Lipinski definition) is 7. The molecule has 1 N–H and O–H groups in total. The van der Waals surface area contributed by atoms with E-state index < -0.39 is 0 Å². The van der Waals surface area contributed by atoms with Gasteiger partial charge in [0.15, 0.2) is 12.4 Å². The van der Waals surface area contributed by atoms with Gasteiger partial charge in [-0.3, -0.25) is 9.59 Å². The molecule has 0 aliphatic heterocycles. The van der Waals surface area contributed by atoms with E-state index >= 15 is 0 Å². The lowest BCUT2D eigenvalue weighted by Crippen LogP contribution is -2.20. The van der Waals surface area contributed by atoms with Crippen molar-refractivity contribution >= 4 is 39.7 Å². The summed E-state index contributed by atoms with van der Waals surface area (Å²) >= 11 is 0. The molecule has 0 radical (unpaired) electrons. The fraction of sp³-hybridized carbons (Fsp3) is 0.0909. The summed E-state index contributed by atoms with van der Waals surface area (Å²) in [5.74, 6) is 1.55. The molecule has 208 valence electrons. The van der Waals surface area contributed by atoms with Gasteiger partial charge in [0, 0.05) is 5.69 Å². The second kappa shape index (κ2) is 11.4. The van der Waals surface area contributed by atoms with Gasteiger partial charge in [0.05, 0.1) is 29.6 Å². The predicted octanol–water partition coefficient (Wildman–Crippen LogP) is 6.03. The monoisotopic (exact) mass is 558 g/mol. The molecule has 0 spiro atoms. The second-order valence-electron chi connectivity index (χ2n) is 9.52. The number of benzene rings is 4. The molecule has 2 aromatic heterocycles. The van der Waals surface area contributed by atoms with Crippen LogP contribution in [-0.4, -0.2) is 35.5 Å². The van der Waals surface area contributed by atoms with E-state index in [1.54, 1.807) is 61.9 Å². The van der Waals surface area contributed by atoms with Gasteiger partial charge in [-0.25, -0.2) is 4.98 Å². The Morgan fingerprint density at radius 2 is 1.76 bits per heavy atom. The number of nitrogens with zero attached hydrogens (tertiary/aromatic N) is 3. The molecule has 0 aliphatic rings. The number of anilines is 1. The maximum atomic E-state index is 13.5. The second-order valence-corrected chi connectivity index (χ2v) is 9.52. The van der Waals surface area contributed by atoms with Gasteiger partial charge in [-0.15, -0.1) is 0 Å². The number of hydrogen-bond donors (Lipinski definition) is 1. The van der Waals surface area contributed by atoms with Crippen molar-refractivity contribution < 1.29 is 18.7 Å². The number of rotatable bonds is 8. The van der Waals surface area contributed by atoms with Crippen LogP contribution in [-0.2, 0) is 4.79 Å². The van der Waals surface area contributed by atoms with Crippen molar-refractivity contribution in [2.75, 3.05) is 19.0 Å². The zero-order chi connectivity index (χ0) is 29.1. The fourth-order valence-electron chi connectivity index (χ4n) is 4.54. The maximum absolute atomic E-state index is 13.5. The molecule has 6 rings (SSSR count). The minimum atomic E-state index is -0.334. The number of methoxy groups -OCH3 is 1. The highest BCUT2D eigenvalue weighted by atomic mass is 16.5. The zero-order valence-corrected chi connectivity index (χ0v) is 22.9. The molecule has 1 amide bonds. The number of aryl methyl sites for hydroxylation is 1. The summed E-state index contributed by atoms with van der Waals surface area (Å²) in [4.78, 5) is 30.6. The third-order valence-corrected chi connectivity index (χ3v) is 6.71. The van der Waals surface area contributed by atoms with E-state index in [1.165, 1.54) is 4.68 Å². The van der Waals surface area contributed by atoms with Gasteiger partial charge >= 0.3 is 0 Å². The number of nitrogens with one attached hydrogen (secondary N) is 1. The van der Waals surface area contributed by atoms with Crippen LogP contribution >= 0.6 is 0 Å². The van der Waals surface area contributed by atoms with Crippen molar-refractivity contribution in [1.29, 1.82) is 0 Å².